The summed E-state index contributed by atoms with van der Waals surface area (Å²) < 4.78 is 0. The van der Waals surface area contributed by atoms with Crippen LogP contribution in [0.25, 0.3) is 0 Å². The zero-order chi connectivity index (χ0) is 7.56. The highest BCUT2D eigenvalue weighted by Crippen LogP contribution is 2.20. The van der Waals surface area contributed by atoms with E-state index < -0.39 is 0 Å². The molecule has 0 bridgehead atoms. The minimum Gasteiger partial charge on any atom is -0.369 e. The monoisotopic (exact) mass is 142 g/mol. The van der Waals surface area contributed by atoms with Gasteiger partial charge in [-0.15, -0.1) is 0 Å². The number of guanidine groups is 1. The summed E-state index contributed by atoms with van der Waals surface area (Å²) in [7, 11) is 0. The van der Waals surface area contributed by atoms with Crippen molar-refractivity contribution in [2.75, 3.05) is 0 Å². The van der Waals surface area contributed by atoms with Gasteiger partial charge in [0.05, 0.1) is 0 Å². The summed E-state index contributed by atoms with van der Waals surface area (Å²) in [6.45, 7) is 0. The van der Waals surface area contributed by atoms with Gasteiger partial charge in [0, 0.05) is 6.04 Å². The highest BCUT2D eigenvalue weighted by atomic mass is 15.5. The fraction of sp³-hybridized carbons (Fsp3) is 0.833. The maximum Gasteiger partial charge on any atom is 0.203 e. The van der Waals surface area contributed by atoms with E-state index in [0.717, 1.165) is 12.8 Å². The average Bonchev–Trinajstić information content (AvgIpc) is 2.36. The van der Waals surface area contributed by atoms with Crippen LogP contribution in [0.3, 0.4) is 0 Å². The molecule has 0 aromatic rings. The van der Waals surface area contributed by atoms with Gasteiger partial charge in [0.2, 0.25) is 5.96 Å². The van der Waals surface area contributed by atoms with Gasteiger partial charge in [0.1, 0.15) is 0 Å². The third-order valence-corrected chi connectivity index (χ3v) is 2.00. The molecule has 1 aliphatic rings. The van der Waals surface area contributed by atoms with Gasteiger partial charge in [-0.1, -0.05) is 12.8 Å². The van der Waals surface area contributed by atoms with Crippen molar-refractivity contribution >= 4 is 5.96 Å². The number of hydrazine groups is 1. The lowest BCUT2D eigenvalue weighted by atomic mass is 10.2. The van der Waals surface area contributed by atoms with E-state index in [4.69, 9.17) is 17.0 Å². The molecule has 10 heavy (non-hydrogen) atoms. The van der Waals surface area contributed by atoms with E-state index in [-0.39, 0.29) is 5.96 Å². The first-order valence-electron chi connectivity index (χ1n) is 3.60. The normalized spacial score (nSPS) is 19.3. The maximum absolute atomic E-state index is 7.04. The molecule has 0 aromatic carbocycles. The topological polar surface area (TPSA) is 79.1 Å². The molecule has 0 heterocycles. The molecule has 58 valence electrons. The molecule has 0 unspecified atom stereocenters. The smallest absolute Gasteiger partial charge is 0.203 e. The molecule has 4 heteroatoms. The Bertz CT molecular complexity index is 128. The van der Waals surface area contributed by atoms with E-state index in [0.29, 0.717) is 6.04 Å². The van der Waals surface area contributed by atoms with E-state index >= 15 is 0 Å². The lowest BCUT2D eigenvalue weighted by Gasteiger charge is -2.22. The fourth-order valence-electron chi connectivity index (χ4n) is 1.38. The van der Waals surface area contributed by atoms with Gasteiger partial charge in [0.25, 0.3) is 0 Å². The van der Waals surface area contributed by atoms with Crippen molar-refractivity contribution in [1.29, 1.82) is 5.41 Å². The number of hydrogen-bond acceptors (Lipinski definition) is 2. The molecular weight excluding hydrogens is 128 g/mol. The molecule has 1 fully saturated rings. The predicted octanol–water partition coefficient (Wildman–Crippen LogP) is -0.00183. The molecule has 1 rings (SSSR count). The first-order chi connectivity index (χ1) is 4.72. The van der Waals surface area contributed by atoms with Gasteiger partial charge in [-0.25, -0.2) is 5.84 Å². The van der Waals surface area contributed by atoms with Crippen LogP contribution in [0.5, 0.6) is 0 Å². The van der Waals surface area contributed by atoms with E-state index in [1.165, 1.54) is 17.9 Å². The van der Waals surface area contributed by atoms with Gasteiger partial charge >= 0.3 is 0 Å². The summed E-state index contributed by atoms with van der Waals surface area (Å²) in [6, 6.07) is 0.317. The Morgan fingerprint density at radius 3 is 2.30 bits per heavy atom. The minimum absolute atomic E-state index is 0.0214. The largest absolute Gasteiger partial charge is 0.369 e. The second-order valence-electron chi connectivity index (χ2n) is 2.73. The second-order valence-corrected chi connectivity index (χ2v) is 2.73. The quantitative estimate of drug-likeness (QED) is 0.209. The molecule has 0 aromatic heterocycles. The number of nitrogens with zero attached hydrogens (tertiary/aromatic N) is 1. The molecule has 1 aliphatic carbocycles. The van der Waals surface area contributed by atoms with Gasteiger partial charge < -0.3 is 5.73 Å². The van der Waals surface area contributed by atoms with Crippen molar-refractivity contribution in [3.05, 3.63) is 0 Å². The standard InChI is InChI=1S/C6H14N4/c7-6(8)10(9)5-3-1-2-4-5/h5H,1-4,9H2,(H3,7,8). The van der Waals surface area contributed by atoms with Crippen molar-refractivity contribution in [1.82, 2.24) is 5.01 Å². The lowest BCUT2D eigenvalue weighted by molar-refractivity contribution is 0.320. The summed E-state index contributed by atoms with van der Waals surface area (Å²) in [4.78, 5) is 0. The van der Waals surface area contributed by atoms with Crippen LogP contribution in [0, 0.1) is 5.41 Å². The van der Waals surface area contributed by atoms with Crippen molar-refractivity contribution in [2.45, 2.75) is 31.7 Å². The molecule has 0 amide bonds. The highest BCUT2D eigenvalue weighted by Gasteiger charge is 2.20. The molecule has 0 spiro atoms. The van der Waals surface area contributed by atoms with E-state index in [9.17, 15) is 0 Å². The summed E-state index contributed by atoms with van der Waals surface area (Å²) in [6.07, 6.45) is 4.59. The SMILES string of the molecule is N=C(N)N(N)C1CCCC1. The van der Waals surface area contributed by atoms with Crippen LogP contribution in [0.2, 0.25) is 0 Å². The Morgan fingerprint density at radius 1 is 1.40 bits per heavy atom. The number of hydrogen-bond donors (Lipinski definition) is 3. The van der Waals surface area contributed by atoms with Crippen LogP contribution in [0.15, 0.2) is 0 Å². The zero-order valence-corrected chi connectivity index (χ0v) is 6.01. The summed E-state index contributed by atoms with van der Waals surface area (Å²) >= 11 is 0. The Balaban J connectivity index is 2.39. The summed E-state index contributed by atoms with van der Waals surface area (Å²) in [5.74, 6) is 5.48. The van der Waals surface area contributed by atoms with Crippen LogP contribution in [-0.4, -0.2) is 17.0 Å². The first-order valence-corrected chi connectivity index (χ1v) is 3.60. The Labute approximate surface area is 60.7 Å². The van der Waals surface area contributed by atoms with Crippen molar-refractivity contribution in [3.63, 3.8) is 0 Å². The minimum atomic E-state index is -0.0214. The van der Waals surface area contributed by atoms with Crippen LogP contribution in [0.4, 0.5) is 0 Å². The van der Waals surface area contributed by atoms with Crippen LogP contribution in [0.1, 0.15) is 25.7 Å². The number of rotatable bonds is 1. The van der Waals surface area contributed by atoms with E-state index in [2.05, 4.69) is 0 Å². The van der Waals surface area contributed by atoms with Gasteiger partial charge in [-0.2, -0.15) is 0 Å². The molecule has 0 radical (unpaired) electrons. The highest BCUT2D eigenvalue weighted by molar-refractivity contribution is 5.74. The van der Waals surface area contributed by atoms with Crippen LogP contribution in [-0.2, 0) is 0 Å². The average molecular weight is 142 g/mol. The van der Waals surface area contributed by atoms with Gasteiger partial charge in [-0.05, 0) is 12.8 Å². The molecule has 1 saturated carbocycles. The molecule has 0 aliphatic heterocycles. The molecule has 0 atom stereocenters. The van der Waals surface area contributed by atoms with Crippen molar-refractivity contribution in [2.24, 2.45) is 11.6 Å². The van der Waals surface area contributed by atoms with Crippen molar-refractivity contribution < 1.29 is 0 Å². The molecule has 0 saturated heterocycles. The summed E-state index contributed by atoms with van der Waals surface area (Å²) in [5, 5.41) is 8.41. The molecular formula is C6H14N4. The summed E-state index contributed by atoms with van der Waals surface area (Å²) in [5.41, 5.74) is 5.20. The number of nitrogens with one attached hydrogen (secondary N) is 1. The van der Waals surface area contributed by atoms with Crippen LogP contribution >= 0.6 is 0 Å². The predicted molar refractivity (Wildman–Crippen MR) is 40.2 cm³/mol. The fourth-order valence-corrected chi connectivity index (χ4v) is 1.38. The zero-order valence-electron chi connectivity index (χ0n) is 6.01. The van der Waals surface area contributed by atoms with Gasteiger partial charge in [0.15, 0.2) is 0 Å². The van der Waals surface area contributed by atoms with Crippen LogP contribution < -0.4 is 11.6 Å². The third-order valence-electron chi connectivity index (χ3n) is 2.00. The molecule has 5 N–H and O–H groups in total. The van der Waals surface area contributed by atoms with Gasteiger partial charge in [-0.3, -0.25) is 10.4 Å². The van der Waals surface area contributed by atoms with Crippen molar-refractivity contribution in [3.8, 4) is 0 Å². The Hall–Kier alpha value is -0.770. The lowest BCUT2D eigenvalue weighted by Crippen LogP contribution is -2.47. The van der Waals surface area contributed by atoms with E-state index in [1.54, 1.807) is 0 Å². The van der Waals surface area contributed by atoms with E-state index in [1.807, 2.05) is 0 Å². The maximum atomic E-state index is 7.04. The Morgan fingerprint density at radius 2 is 1.90 bits per heavy atom. The third kappa shape index (κ3) is 1.39. The second kappa shape index (κ2) is 2.88. The first kappa shape index (κ1) is 7.34. The molecule has 4 nitrogen and oxygen atoms in total. The Kier molecular flexibility index (Phi) is 2.11. The number of nitrogens with two attached hydrogens (primary N) is 2.